The summed E-state index contributed by atoms with van der Waals surface area (Å²) in [6.07, 6.45) is 3.35. The summed E-state index contributed by atoms with van der Waals surface area (Å²) in [7, 11) is 0. The maximum atomic E-state index is 14.4. The van der Waals surface area contributed by atoms with E-state index in [1.54, 1.807) is 60.8 Å². The Morgan fingerprint density at radius 3 is 1.43 bits per heavy atom. The minimum atomic E-state index is -1.82. The van der Waals surface area contributed by atoms with E-state index in [-0.39, 0.29) is 64.6 Å². The Bertz CT molecular complexity index is 3180. The number of carboxylic acids is 2. The molecule has 10 atom stereocenters. The van der Waals surface area contributed by atoms with Crippen molar-refractivity contribution in [2.24, 2.45) is 22.9 Å². The highest BCUT2D eigenvalue weighted by molar-refractivity contribution is 6.00. The van der Waals surface area contributed by atoms with Crippen LogP contribution in [0.15, 0.2) is 73.3 Å². The van der Waals surface area contributed by atoms with Gasteiger partial charge in [-0.3, -0.25) is 57.5 Å². The molecule has 4 rings (SSSR count). The molecule has 11 amide bonds. The van der Waals surface area contributed by atoms with E-state index < -0.39 is 163 Å². The number of carbonyl (C=O) groups excluding carboxylic acids is 11. The van der Waals surface area contributed by atoms with Gasteiger partial charge in [0.25, 0.3) is 0 Å². The molecular formula is C61H89N17O16. The highest BCUT2D eigenvalue weighted by Crippen LogP contribution is 2.20. The van der Waals surface area contributed by atoms with Crippen molar-refractivity contribution in [3.8, 4) is 0 Å². The molecule has 0 fully saturated rings. The highest BCUT2D eigenvalue weighted by atomic mass is 16.4. The lowest BCUT2D eigenvalue weighted by Gasteiger charge is -2.27. The molecule has 0 saturated heterocycles. The van der Waals surface area contributed by atoms with Crippen LogP contribution in [0, 0.1) is 0 Å². The van der Waals surface area contributed by atoms with Crippen molar-refractivity contribution in [3.05, 3.63) is 90.1 Å². The van der Waals surface area contributed by atoms with Crippen LogP contribution in [0.5, 0.6) is 0 Å². The Kier molecular flexibility index (Phi) is 32.7. The van der Waals surface area contributed by atoms with Gasteiger partial charge in [0.05, 0.1) is 19.4 Å². The van der Waals surface area contributed by atoms with Crippen molar-refractivity contribution in [2.45, 2.75) is 171 Å². The van der Waals surface area contributed by atoms with Crippen molar-refractivity contribution >= 4 is 87.8 Å². The highest BCUT2D eigenvalue weighted by Gasteiger charge is 2.36. The Morgan fingerprint density at radius 1 is 0.489 bits per heavy atom. The van der Waals surface area contributed by atoms with Crippen LogP contribution in [0.1, 0.15) is 108 Å². The van der Waals surface area contributed by atoms with Gasteiger partial charge in [0.2, 0.25) is 65.0 Å². The minimum Gasteiger partial charge on any atom is -0.481 e. The van der Waals surface area contributed by atoms with Crippen LogP contribution in [0.4, 0.5) is 0 Å². The topological polar surface area (TPSA) is 551 Å². The van der Waals surface area contributed by atoms with Gasteiger partial charge in [-0.05, 0) is 108 Å². The number of amides is 11. The third kappa shape index (κ3) is 26.4. The minimum absolute atomic E-state index is 0.0130. The molecular weight excluding hydrogens is 1230 g/mol. The number of nitrogens with two attached hydrogens (primary N) is 4. The van der Waals surface area contributed by atoms with E-state index >= 15 is 0 Å². The van der Waals surface area contributed by atoms with E-state index in [0.717, 1.165) is 6.92 Å². The number of rotatable bonds is 44. The standard InChI is InChI=1S/C61H89N17O16/c1-34(69-57(89)46(28-38-31-66-33-68-38)76-54(86)42(19-9-12-24-63)72-53(85)41(18-8-11-23-62)74-60(92)49(32-79)70-35(2)80)52(84)71-44(21-22-51(82)83)56(88)73-43(20-10-13-25-64)55(87)77-47(29-50(65)81)59(91)75-45(27-37-30-67-40-17-7-6-16-39(37)40)58(90)78-48(61(93)94)26-36-14-4-3-5-15-36/h3-7,14-17,30-31,33-34,41-49,67,79H,8-13,18-29,32,62-64H2,1-2H3,(H2,65,81)(H,66,68)(H,69,89)(H,70,80)(H,71,84)(H,72,85)(H,73,88)(H,74,92)(H,75,91)(H,76,86)(H,77,87)(H,78,90)(H,82,83)(H,93,94)/t34-,41-,42-,43-,44-,45-,46-,47-,48-,49-/m0/s1. The molecule has 23 N–H and O–H groups in total. The number of hydrogen-bond donors (Lipinski definition) is 19. The van der Waals surface area contributed by atoms with Crippen LogP contribution in [0.25, 0.3) is 10.9 Å². The van der Waals surface area contributed by atoms with E-state index in [1.807, 2.05) is 0 Å². The smallest absolute Gasteiger partial charge is 0.326 e. The lowest BCUT2D eigenvalue weighted by atomic mass is 10.0. The quantitative estimate of drug-likeness (QED) is 0.0188. The number of nitrogens with one attached hydrogen (secondary N) is 12. The molecule has 0 radical (unpaired) electrons. The fourth-order valence-electron chi connectivity index (χ4n) is 9.86. The largest absolute Gasteiger partial charge is 0.481 e. The number of hydrogen-bond acceptors (Lipinski definition) is 18. The van der Waals surface area contributed by atoms with Gasteiger partial charge in [0.15, 0.2) is 0 Å². The average molecular weight is 1320 g/mol. The molecule has 2 aromatic heterocycles. The number of para-hydroxylation sites is 1. The fraction of sp³-hybridized carbons (Fsp3) is 0.508. The summed E-state index contributed by atoms with van der Waals surface area (Å²) >= 11 is 0. The number of aliphatic carboxylic acids is 2. The lowest BCUT2D eigenvalue weighted by molar-refractivity contribution is -0.142. The molecule has 514 valence electrons. The SMILES string of the molecule is CC(=O)N[C@@H](CO)C(=O)N[C@@H](CCCCN)C(=O)N[C@@H](CCCCN)C(=O)N[C@@H](Cc1cnc[nH]1)C(=O)N[C@@H](C)C(=O)N[C@@H](CCC(=O)O)C(=O)N[C@@H](CCCCN)C(=O)N[C@@H](CC(N)=O)C(=O)N[C@@H](Cc1c[nH]c2ccccc12)C(=O)N[C@@H](Cc1ccccc1)C(=O)O. The summed E-state index contributed by atoms with van der Waals surface area (Å²) in [5, 5.41) is 55.2. The van der Waals surface area contributed by atoms with E-state index in [2.05, 4.69) is 68.1 Å². The third-order valence-electron chi connectivity index (χ3n) is 14.9. The summed E-state index contributed by atoms with van der Waals surface area (Å²) < 4.78 is 0. The van der Waals surface area contributed by atoms with Crippen molar-refractivity contribution in [1.82, 2.24) is 68.1 Å². The summed E-state index contributed by atoms with van der Waals surface area (Å²) in [4.78, 5) is 185. The number of aliphatic hydroxyl groups is 1. The van der Waals surface area contributed by atoms with Gasteiger partial charge < -0.3 is 101 Å². The normalized spacial score (nSPS) is 14.3. The number of aromatic nitrogens is 3. The zero-order chi connectivity index (χ0) is 69.3. The lowest BCUT2D eigenvalue weighted by Crippen LogP contribution is -2.61. The predicted molar refractivity (Wildman–Crippen MR) is 339 cm³/mol. The van der Waals surface area contributed by atoms with Gasteiger partial charge in [0.1, 0.15) is 60.4 Å². The Morgan fingerprint density at radius 2 is 0.936 bits per heavy atom. The first-order chi connectivity index (χ1) is 44.9. The second-order valence-electron chi connectivity index (χ2n) is 22.5. The van der Waals surface area contributed by atoms with Gasteiger partial charge in [-0.25, -0.2) is 9.78 Å². The van der Waals surface area contributed by atoms with Crippen LogP contribution < -0.4 is 76.1 Å². The number of aromatic amines is 2. The molecule has 0 aliphatic rings. The number of fused-ring (bicyclic) bond motifs is 1. The summed E-state index contributed by atoms with van der Waals surface area (Å²) in [5.74, 6) is -13.3. The van der Waals surface area contributed by atoms with Crippen molar-refractivity contribution in [2.75, 3.05) is 26.2 Å². The first kappa shape index (κ1) is 76.6. The summed E-state index contributed by atoms with van der Waals surface area (Å²) in [6.45, 7) is 2.16. The van der Waals surface area contributed by atoms with Crippen LogP contribution in [0.2, 0.25) is 0 Å². The Hall–Kier alpha value is -9.86. The van der Waals surface area contributed by atoms with Crippen LogP contribution in [0.3, 0.4) is 0 Å². The molecule has 33 nitrogen and oxygen atoms in total. The Balaban J connectivity index is 1.57. The number of imidazole rings is 1. The molecule has 33 heteroatoms. The van der Waals surface area contributed by atoms with Gasteiger partial charge in [-0.2, -0.15) is 0 Å². The van der Waals surface area contributed by atoms with Crippen LogP contribution >= 0.6 is 0 Å². The molecule has 0 spiro atoms. The third-order valence-corrected chi connectivity index (χ3v) is 14.9. The van der Waals surface area contributed by atoms with Crippen molar-refractivity contribution in [3.63, 3.8) is 0 Å². The van der Waals surface area contributed by atoms with Crippen LogP contribution in [-0.2, 0) is 81.6 Å². The van der Waals surface area contributed by atoms with E-state index in [4.69, 9.17) is 22.9 Å². The number of nitrogens with zero attached hydrogens (tertiary/aromatic N) is 1. The number of carbonyl (C=O) groups is 13. The Labute approximate surface area is 541 Å². The number of H-pyrrole nitrogens is 2. The second-order valence-corrected chi connectivity index (χ2v) is 22.5. The molecule has 0 aliphatic carbocycles. The van der Waals surface area contributed by atoms with Crippen LogP contribution in [-0.4, -0.2) is 194 Å². The number of benzene rings is 2. The zero-order valence-electron chi connectivity index (χ0n) is 52.5. The molecule has 2 aromatic carbocycles. The monoisotopic (exact) mass is 1320 g/mol. The maximum Gasteiger partial charge on any atom is 0.326 e. The van der Waals surface area contributed by atoms with Crippen molar-refractivity contribution in [1.29, 1.82) is 0 Å². The molecule has 0 unspecified atom stereocenters. The summed E-state index contributed by atoms with van der Waals surface area (Å²) in [6, 6.07) is 0.270. The first-order valence-corrected chi connectivity index (χ1v) is 30.9. The molecule has 0 saturated carbocycles. The molecule has 0 bridgehead atoms. The molecule has 0 aliphatic heterocycles. The van der Waals surface area contributed by atoms with Crippen molar-refractivity contribution < 1.29 is 77.6 Å². The number of primary amides is 1. The first-order valence-electron chi connectivity index (χ1n) is 30.9. The number of aliphatic hydroxyl groups excluding tert-OH is 1. The number of carboxylic acid groups (broad SMARTS) is 2. The molecule has 94 heavy (non-hydrogen) atoms. The summed E-state index contributed by atoms with van der Waals surface area (Å²) in [5.41, 5.74) is 24.9. The predicted octanol–water partition coefficient (Wildman–Crippen LogP) is -3.99. The zero-order valence-corrected chi connectivity index (χ0v) is 52.5. The fourth-order valence-corrected chi connectivity index (χ4v) is 9.86. The number of unbranched alkanes of at least 4 members (excludes halogenated alkanes) is 3. The average Bonchev–Trinajstić information content (AvgIpc) is 1.63. The molecule has 2 heterocycles. The van der Waals surface area contributed by atoms with E-state index in [9.17, 15) is 77.6 Å². The van der Waals surface area contributed by atoms with E-state index in [1.165, 1.54) is 19.4 Å². The van der Waals surface area contributed by atoms with E-state index in [0.29, 0.717) is 59.8 Å². The van der Waals surface area contributed by atoms with Gasteiger partial charge in [-0.15, -0.1) is 0 Å². The van der Waals surface area contributed by atoms with Gasteiger partial charge in [0, 0.05) is 61.6 Å². The molecule has 4 aromatic rings. The maximum absolute atomic E-state index is 14.4. The second kappa shape index (κ2) is 40.2. The van der Waals surface area contributed by atoms with Gasteiger partial charge >= 0.3 is 11.9 Å². The van der Waals surface area contributed by atoms with Gasteiger partial charge in [-0.1, -0.05) is 48.5 Å².